The SMILES string of the molecule is CSc1ccc(-c2c(-c3ccc(S(C)(=O)=O)cc3)nn(C)c2C(F)(F)F)cc1. The summed E-state index contributed by atoms with van der Waals surface area (Å²) in [5.41, 5.74) is 0.0518. The standard InChI is InChI=1S/C19H17F3N2O2S2/c1-24-18(19(20,21)22)16(12-4-8-14(27-2)9-5-12)17(23-24)13-6-10-15(11-7-13)28(3,25)26/h4-11H,1-3H3. The molecule has 148 valence electrons. The lowest BCUT2D eigenvalue weighted by Crippen LogP contribution is -2.13. The van der Waals surface area contributed by atoms with Crippen LogP contribution in [0.3, 0.4) is 0 Å². The summed E-state index contributed by atoms with van der Waals surface area (Å²) in [5.74, 6) is 0. The molecule has 2 aromatic carbocycles. The molecule has 0 atom stereocenters. The van der Waals surface area contributed by atoms with Gasteiger partial charge in [-0.2, -0.15) is 18.3 Å². The predicted molar refractivity (Wildman–Crippen MR) is 104 cm³/mol. The van der Waals surface area contributed by atoms with E-state index in [2.05, 4.69) is 5.10 Å². The number of sulfone groups is 1. The molecule has 9 heteroatoms. The summed E-state index contributed by atoms with van der Waals surface area (Å²) in [6.07, 6.45) is -1.64. The summed E-state index contributed by atoms with van der Waals surface area (Å²) in [6, 6.07) is 12.4. The number of nitrogens with zero attached hydrogens (tertiary/aromatic N) is 2. The van der Waals surface area contributed by atoms with Crippen molar-refractivity contribution < 1.29 is 21.6 Å². The summed E-state index contributed by atoms with van der Waals surface area (Å²) in [6.45, 7) is 0. The summed E-state index contributed by atoms with van der Waals surface area (Å²) >= 11 is 1.49. The zero-order chi connectivity index (χ0) is 20.7. The molecule has 0 saturated carbocycles. The van der Waals surface area contributed by atoms with Gasteiger partial charge < -0.3 is 0 Å². The Morgan fingerprint density at radius 2 is 1.50 bits per heavy atom. The normalized spacial score (nSPS) is 12.4. The minimum Gasteiger partial charge on any atom is -0.262 e. The molecule has 3 aromatic rings. The van der Waals surface area contributed by atoms with Crippen molar-refractivity contribution in [3.05, 3.63) is 54.2 Å². The number of benzene rings is 2. The summed E-state index contributed by atoms with van der Waals surface area (Å²) in [7, 11) is -2.16. The monoisotopic (exact) mass is 426 g/mol. The fourth-order valence-electron chi connectivity index (χ4n) is 2.94. The van der Waals surface area contributed by atoms with Crippen LogP contribution < -0.4 is 0 Å². The number of rotatable bonds is 4. The fraction of sp³-hybridized carbons (Fsp3) is 0.211. The molecule has 4 nitrogen and oxygen atoms in total. The molecule has 0 bridgehead atoms. The Morgan fingerprint density at radius 1 is 0.964 bits per heavy atom. The van der Waals surface area contributed by atoms with Gasteiger partial charge >= 0.3 is 6.18 Å². The van der Waals surface area contributed by atoms with E-state index < -0.39 is 21.7 Å². The Bertz CT molecular complexity index is 1100. The number of halogens is 3. The van der Waals surface area contributed by atoms with Gasteiger partial charge in [0.2, 0.25) is 0 Å². The number of aryl methyl sites for hydroxylation is 1. The van der Waals surface area contributed by atoms with Gasteiger partial charge in [-0.3, -0.25) is 4.68 Å². The van der Waals surface area contributed by atoms with Gasteiger partial charge in [0.25, 0.3) is 0 Å². The average molecular weight is 426 g/mol. The van der Waals surface area contributed by atoms with Crippen LogP contribution in [0.1, 0.15) is 5.69 Å². The summed E-state index contributed by atoms with van der Waals surface area (Å²) < 4.78 is 65.4. The largest absolute Gasteiger partial charge is 0.433 e. The van der Waals surface area contributed by atoms with Crippen LogP contribution in [0, 0.1) is 0 Å². The van der Waals surface area contributed by atoms with Crippen LogP contribution in [0.4, 0.5) is 13.2 Å². The van der Waals surface area contributed by atoms with Gasteiger partial charge in [-0.05, 0) is 36.1 Å². The van der Waals surface area contributed by atoms with E-state index in [1.165, 1.54) is 43.1 Å². The molecule has 0 amide bonds. The molecule has 0 fully saturated rings. The van der Waals surface area contributed by atoms with Gasteiger partial charge in [0.05, 0.1) is 4.90 Å². The lowest BCUT2D eigenvalue weighted by Gasteiger charge is -2.11. The van der Waals surface area contributed by atoms with E-state index in [9.17, 15) is 21.6 Å². The quantitative estimate of drug-likeness (QED) is 0.557. The van der Waals surface area contributed by atoms with Crippen LogP contribution in [0.15, 0.2) is 58.3 Å². The molecule has 1 heterocycles. The topological polar surface area (TPSA) is 52.0 Å². The predicted octanol–water partition coefficient (Wildman–Crippen LogP) is 4.90. The van der Waals surface area contributed by atoms with Crippen LogP contribution in [0.5, 0.6) is 0 Å². The van der Waals surface area contributed by atoms with Crippen LogP contribution in [-0.2, 0) is 23.1 Å². The Morgan fingerprint density at radius 3 is 1.96 bits per heavy atom. The van der Waals surface area contributed by atoms with E-state index in [1.807, 2.05) is 6.26 Å². The van der Waals surface area contributed by atoms with Crippen molar-refractivity contribution in [3.63, 3.8) is 0 Å². The van der Waals surface area contributed by atoms with E-state index in [0.29, 0.717) is 11.1 Å². The lowest BCUT2D eigenvalue weighted by molar-refractivity contribution is -0.143. The number of thioether (sulfide) groups is 1. The third-order valence-electron chi connectivity index (χ3n) is 4.25. The second kappa shape index (κ2) is 7.29. The van der Waals surface area contributed by atoms with Crippen molar-refractivity contribution in [2.24, 2.45) is 7.05 Å². The minimum absolute atomic E-state index is 0.0326. The molecule has 1 aromatic heterocycles. The van der Waals surface area contributed by atoms with Crippen LogP contribution in [-0.4, -0.2) is 30.7 Å². The highest BCUT2D eigenvalue weighted by Crippen LogP contribution is 2.42. The van der Waals surface area contributed by atoms with Crippen molar-refractivity contribution in [2.45, 2.75) is 16.0 Å². The maximum absolute atomic E-state index is 13.7. The van der Waals surface area contributed by atoms with Crippen LogP contribution in [0.25, 0.3) is 22.4 Å². The van der Waals surface area contributed by atoms with Gasteiger partial charge in [-0.15, -0.1) is 11.8 Å². The molecule has 0 N–H and O–H groups in total. The van der Waals surface area contributed by atoms with Crippen molar-refractivity contribution in [1.82, 2.24) is 9.78 Å². The highest BCUT2D eigenvalue weighted by Gasteiger charge is 2.39. The molecule has 0 radical (unpaired) electrons. The van der Waals surface area contributed by atoms with Crippen LogP contribution >= 0.6 is 11.8 Å². The van der Waals surface area contributed by atoms with Gasteiger partial charge in [-0.25, -0.2) is 8.42 Å². The maximum Gasteiger partial charge on any atom is 0.433 e. The third-order valence-corrected chi connectivity index (χ3v) is 6.12. The fourth-order valence-corrected chi connectivity index (χ4v) is 3.98. The molecular formula is C19H17F3N2O2S2. The zero-order valence-corrected chi connectivity index (χ0v) is 16.9. The second-order valence-corrected chi connectivity index (χ2v) is 9.11. The summed E-state index contributed by atoms with van der Waals surface area (Å²) in [5, 5.41) is 4.10. The van der Waals surface area contributed by atoms with Gasteiger partial charge in [0.15, 0.2) is 15.5 Å². The van der Waals surface area contributed by atoms with Crippen molar-refractivity contribution in [2.75, 3.05) is 12.5 Å². The third kappa shape index (κ3) is 3.95. The highest BCUT2D eigenvalue weighted by atomic mass is 32.2. The van der Waals surface area contributed by atoms with Crippen molar-refractivity contribution >= 4 is 21.6 Å². The van der Waals surface area contributed by atoms with E-state index in [-0.39, 0.29) is 16.2 Å². The zero-order valence-electron chi connectivity index (χ0n) is 15.3. The number of hydrogen-bond donors (Lipinski definition) is 0. The minimum atomic E-state index is -4.60. The van der Waals surface area contributed by atoms with Gasteiger partial charge in [0.1, 0.15) is 5.69 Å². The lowest BCUT2D eigenvalue weighted by atomic mass is 9.98. The first-order valence-electron chi connectivity index (χ1n) is 8.11. The number of alkyl halides is 3. The molecule has 0 spiro atoms. The van der Waals surface area contributed by atoms with Gasteiger partial charge in [0, 0.05) is 29.3 Å². The van der Waals surface area contributed by atoms with E-state index in [4.69, 9.17) is 0 Å². The van der Waals surface area contributed by atoms with E-state index in [0.717, 1.165) is 15.8 Å². The molecular weight excluding hydrogens is 409 g/mol. The molecule has 3 rings (SSSR count). The molecule has 0 unspecified atom stereocenters. The molecule has 0 saturated heterocycles. The Labute approximate surface area is 165 Å². The molecule has 0 aliphatic heterocycles. The summed E-state index contributed by atoms with van der Waals surface area (Å²) in [4.78, 5) is 1.02. The Hall–Kier alpha value is -2.26. The maximum atomic E-state index is 13.7. The Kier molecular flexibility index (Phi) is 5.33. The first-order valence-corrected chi connectivity index (χ1v) is 11.2. The number of hydrogen-bond acceptors (Lipinski definition) is 4. The van der Waals surface area contributed by atoms with Crippen molar-refractivity contribution in [3.8, 4) is 22.4 Å². The first kappa shape index (κ1) is 20.5. The van der Waals surface area contributed by atoms with Crippen molar-refractivity contribution in [1.29, 1.82) is 0 Å². The molecule has 0 aliphatic carbocycles. The smallest absolute Gasteiger partial charge is 0.262 e. The average Bonchev–Trinajstić information content (AvgIpc) is 2.98. The molecule has 0 aliphatic rings. The number of aromatic nitrogens is 2. The first-order chi connectivity index (χ1) is 13.0. The molecule has 28 heavy (non-hydrogen) atoms. The Balaban J connectivity index is 2.24. The van der Waals surface area contributed by atoms with Gasteiger partial charge in [-0.1, -0.05) is 24.3 Å². The van der Waals surface area contributed by atoms with Crippen LogP contribution in [0.2, 0.25) is 0 Å². The highest BCUT2D eigenvalue weighted by molar-refractivity contribution is 7.98. The second-order valence-electron chi connectivity index (χ2n) is 6.22. The van der Waals surface area contributed by atoms with E-state index >= 15 is 0 Å². The van der Waals surface area contributed by atoms with E-state index in [1.54, 1.807) is 24.3 Å².